The molecule has 0 saturated heterocycles. The summed E-state index contributed by atoms with van der Waals surface area (Å²) >= 11 is 0. The van der Waals surface area contributed by atoms with Crippen LogP contribution in [0.4, 0.5) is 0 Å². The fraction of sp³-hybridized carbons (Fsp3) is 0.613. The summed E-state index contributed by atoms with van der Waals surface area (Å²) in [6.45, 7) is 19.8. The van der Waals surface area contributed by atoms with Crippen LogP contribution >= 0.6 is 0 Å². The summed E-state index contributed by atoms with van der Waals surface area (Å²) in [6.07, 6.45) is 22.7. The Hall–Kier alpha value is -1.60. The lowest BCUT2D eigenvalue weighted by atomic mass is 9.92. The van der Waals surface area contributed by atoms with Crippen LogP contribution in [0.1, 0.15) is 113 Å². The fourth-order valence-electron chi connectivity index (χ4n) is 3.63. The van der Waals surface area contributed by atoms with Crippen LogP contribution in [0, 0.1) is 5.92 Å². The smallest absolute Gasteiger partial charge is 0.0499 e. The van der Waals surface area contributed by atoms with Gasteiger partial charge < -0.3 is 5.11 Å². The third kappa shape index (κ3) is 18.0. The van der Waals surface area contributed by atoms with Crippen LogP contribution in [0.5, 0.6) is 0 Å². The van der Waals surface area contributed by atoms with E-state index in [1.54, 1.807) is 0 Å². The Labute approximate surface area is 200 Å². The third-order valence-electron chi connectivity index (χ3n) is 5.96. The van der Waals surface area contributed by atoms with E-state index in [0.29, 0.717) is 0 Å². The van der Waals surface area contributed by atoms with Crippen LogP contribution in [0.15, 0.2) is 70.4 Å². The van der Waals surface area contributed by atoms with Gasteiger partial charge in [-0.05, 0) is 113 Å². The van der Waals surface area contributed by atoms with Crippen molar-refractivity contribution in [1.82, 2.24) is 0 Å². The third-order valence-corrected chi connectivity index (χ3v) is 5.96. The molecule has 0 rings (SSSR count). The standard InChI is InChI=1S/C31H52O/c1-25(2)14-9-10-16-27(5)18-12-19-29(7)22-23-31(24-32)30(8)21-13-20-28(6)17-11-15-26(3)4/h14-15,18,20,22,31-32H,8-13,16-17,19,21,23-24H2,1-7H3/b27-18+,28-20+,29-22+/t31-/m0/s1. The normalized spacial score (nSPS) is 13.7. The summed E-state index contributed by atoms with van der Waals surface area (Å²) in [7, 11) is 0. The van der Waals surface area contributed by atoms with Crippen molar-refractivity contribution < 1.29 is 5.11 Å². The lowest BCUT2D eigenvalue weighted by Gasteiger charge is -2.15. The van der Waals surface area contributed by atoms with Crippen molar-refractivity contribution >= 4 is 0 Å². The minimum atomic E-state index is 0.177. The SMILES string of the molecule is C=C(CC/C=C(\C)CCC=C(C)C)[C@H](CO)C/C=C(\C)CC/C=C(\C)CCCC=C(C)C. The van der Waals surface area contributed by atoms with Gasteiger partial charge in [-0.2, -0.15) is 0 Å². The summed E-state index contributed by atoms with van der Waals surface area (Å²) in [4.78, 5) is 0. The predicted molar refractivity (Wildman–Crippen MR) is 146 cm³/mol. The zero-order valence-corrected chi connectivity index (χ0v) is 22.4. The molecule has 0 amide bonds. The zero-order chi connectivity index (χ0) is 24.4. The highest BCUT2D eigenvalue weighted by Crippen LogP contribution is 2.21. The lowest BCUT2D eigenvalue weighted by molar-refractivity contribution is 0.245. The number of hydrogen-bond acceptors (Lipinski definition) is 1. The van der Waals surface area contributed by atoms with Gasteiger partial charge in [-0.15, -0.1) is 0 Å². The average molecular weight is 441 g/mol. The molecule has 0 aliphatic carbocycles. The van der Waals surface area contributed by atoms with Crippen LogP contribution < -0.4 is 0 Å². The Balaban J connectivity index is 4.32. The molecule has 0 aromatic heterocycles. The second-order valence-corrected chi connectivity index (χ2v) is 10.00. The second kappa shape index (κ2) is 18.9. The van der Waals surface area contributed by atoms with Crippen LogP contribution in [0.2, 0.25) is 0 Å². The summed E-state index contributed by atoms with van der Waals surface area (Å²) in [5, 5.41) is 9.85. The number of allylic oxidation sites excluding steroid dienone is 10. The minimum absolute atomic E-state index is 0.177. The second-order valence-electron chi connectivity index (χ2n) is 10.00. The first kappa shape index (κ1) is 30.4. The van der Waals surface area contributed by atoms with Gasteiger partial charge in [0.05, 0.1) is 0 Å². The highest BCUT2D eigenvalue weighted by Gasteiger charge is 2.10. The van der Waals surface area contributed by atoms with Crippen molar-refractivity contribution in [3.63, 3.8) is 0 Å². The average Bonchev–Trinajstić information content (AvgIpc) is 2.71. The quantitative estimate of drug-likeness (QED) is 0.176. The molecule has 0 aromatic rings. The van der Waals surface area contributed by atoms with E-state index in [1.807, 2.05) is 0 Å². The van der Waals surface area contributed by atoms with E-state index in [0.717, 1.165) is 44.9 Å². The molecule has 0 spiro atoms. The summed E-state index contributed by atoms with van der Waals surface area (Å²) in [5.74, 6) is 0.177. The summed E-state index contributed by atoms with van der Waals surface area (Å²) in [6, 6.07) is 0. The van der Waals surface area contributed by atoms with Gasteiger partial charge in [0.15, 0.2) is 0 Å². The highest BCUT2D eigenvalue weighted by molar-refractivity contribution is 5.10. The molecule has 0 radical (unpaired) electrons. The monoisotopic (exact) mass is 440 g/mol. The van der Waals surface area contributed by atoms with Crippen LogP contribution in [-0.2, 0) is 0 Å². The van der Waals surface area contributed by atoms with E-state index in [2.05, 4.69) is 85.4 Å². The number of hydrogen-bond donors (Lipinski definition) is 1. The van der Waals surface area contributed by atoms with Gasteiger partial charge in [0, 0.05) is 12.5 Å². The van der Waals surface area contributed by atoms with Gasteiger partial charge >= 0.3 is 0 Å². The molecule has 0 fully saturated rings. The van der Waals surface area contributed by atoms with Crippen LogP contribution in [-0.4, -0.2) is 11.7 Å². The maximum absolute atomic E-state index is 9.85. The molecular weight excluding hydrogens is 388 g/mol. The Kier molecular flexibility index (Phi) is 18.0. The highest BCUT2D eigenvalue weighted by atomic mass is 16.3. The van der Waals surface area contributed by atoms with Gasteiger partial charge in [-0.3, -0.25) is 0 Å². The largest absolute Gasteiger partial charge is 0.396 e. The molecule has 1 N–H and O–H groups in total. The number of aliphatic hydroxyl groups excluding tert-OH is 1. The number of rotatable bonds is 17. The Morgan fingerprint density at radius 2 is 1.09 bits per heavy atom. The lowest BCUT2D eigenvalue weighted by Crippen LogP contribution is -2.08. The molecule has 0 aliphatic heterocycles. The van der Waals surface area contributed by atoms with Gasteiger partial charge in [-0.1, -0.05) is 70.4 Å². The van der Waals surface area contributed by atoms with Crippen molar-refractivity contribution in [2.24, 2.45) is 5.92 Å². The summed E-state index contributed by atoms with van der Waals surface area (Å²) in [5.41, 5.74) is 8.36. The molecule has 0 unspecified atom stereocenters. The van der Waals surface area contributed by atoms with E-state index in [1.165, 1.54) is 52.7 Å². The maximum atomic E-state index is 9.85. The molecule has 1 nitrogen and oxygen atoms in total. The Morgan fingerprint density at radius 1 is 0.625 bits per heavy atom. The maximum Gasteiger partial charge on any atom is 0.0499 e. The molecule has 1 atom stereocenters. The topological polar surface area (TPSA) is 20.2 Å². The van der Waals surface area contributed by atoms with E-state index in [9.17, 15) is 5.11 Å². The van der Waals surface area contributed by atoms with Crippen molar-refractivity contribution in [1.29, 1.82) is 0 Å². The van der Waals surface area contributed by atoms with Crippen LogP contribution in [0.25, 0.3) is 0 Å². The van der Waals surface area contributed by atoms with Crippen molar-refractivity contribution in [2.75, 3.05) is 6.61 Å². The molecule has 0 aliphatic rings. The number of unbranched alkanes of at least 4 members (excludes halogenated alkanes) is 1. The molecule has 0 bridgehead atoms. The fourth-order valence-corrected chi connectivity index (χ4v) is 3.63. The Bertz CT molecular complexity index is 673. The van der Waals surface area contributed by atoms with Gasteiger partial charge in [0.25, 0.3) is 0 Å². The molecule has 0 aromatic carbocycles. The minimum Gasteiger partial charge on any atom is -0.396 e. The zero-order valence-electron chi connectivity index (χ0n) is 22.4. The van der Waals surface area contributed by atoms with Crippen molar-refractivity contribution in [3.05, 3.63) is 70.4 Å². The van der Waals surface area contributed by atoms with Gasteiger partial charge in [0.2, 0.25) is 0 Å². The molecule has 1 heteroatoms. The molecule has 32 heavy (non-hydrogen) atoms. The van der Waals surface area contributed by atoms with E-state index in [-0.39, 0.29) is 12.5 Å². The first-order chi connectivity index (χ1) is 15.1. The summed E-state index contributed by atoms with van der Waals surface area (Å²) < 4.78 is 0. The van der Waals surface area contributed by atoms with Gasteiger partial charge in [0.1, 0.15) is 0 Å². The molecular formula is C31H52O. The van der Waals surface area contributed by atoms with E-state index >= 15 is 0 Å². The molecule has 182 valence electrons. The molecule has 0 heterocycles. The van der Waals surface area contributed by atoms with E-state index < -0.39 is 0 Å². The van der Waals surface area contributed by atoms with Crippen molar-refractivity contribution in [3.8, 4) is 0 Å². The van der Waals surface area contributed by atoms with Crippen molar-refractivity contribution in [2.45, 2.75) is 113 Å². The predicted octanol–water partition coefficient (Wildman–Crippen LogP) is 9.82. The molecule has 0 saturated carbocycles. The first-order valence-corrected chi connectivity index (χ1v) is 12.7. The number of aliphatic hydroxyl groups is 1. The van der Waals surface area contributed by atoms with Crippen LogP contribution in [0.3, 0.4) is 0 Å². The first-order valence-electron chi connectivity index (χ1n) is 12.7. The van der Waals surface area contributed by atoms with E-state index in [4.69, 9.17) is 0 Å². The van der Waals surface area contributed by atoms with Gasteiger partial charge in [-0.25, -0.2) is 0 Å². The Morgan fingerprint density at radius 3 is 1.66 bits per heavy atom.